The molecule has 20 heavy (non-hydrogen) atoms. The summed E-state index contributed by atoms with van der Waals surface area (Å²) in [5, 5.41) is 8.89. The normalized spacial score (nSPS) is 24.3. The van der Waals surface area contributed by atoms with Gasteiger partial charge in [-0.15, -0.1) is 0 Å². The lowest BCUT2D eigenvalue weighted by atomic mass is 9.97. The molecule has 1 atom stereocenters. The Hall–Kier alpha value is -1.39. The quantitative estimate of drug-likeness (QED) is 0.919. The van der Waals surface area contributed by atoms with Crippen LogP contribution in [0.1, 0.15) is 42.1 Å². The highest BCUT2D eigenvalue weighted by molar-refractivity contribution is 5.87. The molecule has 4 heteroatoms. The summed E-state index contributed by atoms with van der Waals surface area (Å²) in [4.78, 5) is 13.2. The number of hydrogen-bond acceptors (Lipinski definition) is 3. The number of methoxy groups -OCH3 is 1. The number of carboxylic acid groups (broad SMARTS) is 1. The van der Waals surface area contributed by atoms with Gasteiger partial charge in [0.2, 0.25) is 0 Å². The molecule has 0 aliphatic carbocycles. The molecule has 0 amide bonds. The predicted molar refractivity (Wildman–Crippen MR) is 77.9 cm³/mol. The summed E-state index contributed by atoms with van der Waals surface area (Å²) in [6, 6.07) is 7.16. The van der Waals surface area contributed by atoms with Crippen molar-refractivity contribution < 1.29 is 14.6 Å². The fraction of sp³-hybridized carbons (Fsp3) is 0.562. The smallest absolute Gasteiger partial charge is 0.335 e. The van der Waals surface area contributed by atoms with Gasteiger partial charge < -0.3 is 9.84 Å². The molecule has 0 saturated carbocycles. The highest BCUT2D eigenvalue weighted by atomic mass is 16.5. The van der Waals surface area contributed by atoms with Crippen LogP contribution < -0.4 is 0 Å². The summed E-state index contributed by atoms with van der Waals surface area (Å²) in [5.74, 6) is -0.873. The van der Waals surface area contributed by atoms with E-state index in [1.165, 1.54) is 0 Å². The number of ether oxygens (including phenoxy) is 1. The maximum atomic E-state index is 10.8. The molecule has 2 rings (SSSR count). The molecule has 0 bridgehead atoms. The van der Waals surface area contributed by atoms with Crippen LogP contribution in [0.15, 0.2) is 24.3 Å². The molecule has 1 saturated heterocycles. The average molecular weight is 277 g/mol. The number of benzene rings is 1. The zero-order valence-corrected chi connectivity index (χ0v) is 12.3. The highest BCUT2D eigenvalue weighted by Gasteiger charge is 2.27. The Balaban J connectivity index is 1.94. The second kappa shape index (κ2) is 6.37. The Morgan fingerprint density at radius 2 is 2.00 bits per heavy atom. The van der Waals surface area contributed by atoms with Crippen molar-refractivity contribution in [3.63, 3.8) is 0 Å². The van der Waals surface area contributed by atoms with E-state index in [-0.39, 0.29) is 5.60 Å². The number of carbonyl (C=O) groups is 1. The predicted octanol–water partition coefficient (Wildman–Crippen LogP) is 2.78. The third-order valence-corrected chi connectivity index (χ3v) is 4.24. The Morgan fingerprint density at radius 3 is 2.60 bits per heavy atom. The Morgan fingerprint density at radius 1 is 1.30 bits per heavy atom. The molecule has 1 unspecified atom stereocenters. The number of hydrogen-bond donors (Lipinski definition) is 1. The summed E-state index contributed by atoms with van der Waals surface area (Å²) in [7, 11) is 1.79. The van der Waals surface area contributed by atoms with Crippen LogP contribution in [0.25, 0.3) is 0 Å². The second-order valence-corrected chi connectivity index (χ2v) is 5.79. The summed E-state index contributed by atoms with van der Waals surface area (Å²) >= 11 is 0. The zero-order valence-electron chi connectivity index (χ0n) is 12.3. The van der Waals surface area contributed by atoms with Crippen molar-refractivity contribution in [2.24, 2.45) is 0 Å². The summed E-state index contributed by atoms with van der Waals surface area (Å²) in [5.41, 5.74) is 1.51. The van der Waals surface area contributed by atoms with Crippen LogP contribution >= 0.6 is 0 Å². The third kappa shape index (κ3) is 3.81. The standard InChI is InChI=1S/C16H23NO3/c1-16(20-2)8-3-10-17(11-9-16)12-13-4-6-14(7-5-13)15(18)19/h4-7H,3,8-12H2,1-2H3,(H,18,19). The van der Waals surface area contributed by atoms with Gasteiger partial charge in [0.25, 0.3) is 0 Å². The van der Waals surface area contributed by atoms with Crippen LogP contribution in [0.2, 0.25) is 0 Å². The third-order valence-electron chi connectivity index (χ3n) is 4.24. The van der Waals surface area contributed by atoms with E-state index in [1.54, 1.807) is 19.2 Å². The fourth-order valence-electron chi connectivity index (χ4n) is 2.68. The van der Waals surface area contributed by atoms with Gasteiger partial charge in [0.1, 0.15) is 0 Å². The summed E-state index contributed by atoms with van der Waals surface area (Å²) < 4.78 is 5.61. The molecule has 110 valence electrons. The van der Waals surface area contributed by atoms with E-state index in [0.717, 1.165) is 44.5 Å². The van der Waals surface area contributed by atoms with Gasteiger partial charge in [-0.2, -0.15) is 0 Å². The Bertz CT molecular complexity index is 457. The minimum atomic E-state index is -0.873. The molecular weight excluding hydrogens is 254 g/mol. The van der Waals surface area contributed by atoms with E-state index in [0.29, 0.717) is 5.56 Å². The largest absolute Gasteiger partial charge is 0.478 e. The van der Waals surface area contributed by atoms with Gasteiger partial charge in [-0.3, -0.25) is 4.90 Å². The topological polar surface area (TPSA) is 49.8 Å². The van der Waals surface area contributed by atoms with Crippen molar-refractivity contribution in [1.29, 1.82) is 0 Å². The fourth-order valence-corrected chi connectivity index (χ4v) is 2.68. The van der Waals surface area contributed by atoms with Crippen molar-refractivity contribution in [3.05, 3.63) is 35.4 Å². The van der Waals surface area contributed by atoms with Crippen molar-refractivity contribution in [1.82, 2.24) is 4.90 Å². The molecule has 0 radical (unpaired) electrons. The number of aromatic carboxylic acids is 1. The molecule has 1 fully saturated rings. The molecule has 4 nitrogen and oxygen atoms in total. The maximum absolute atomic E-state index is 10.8. The van der Waals surface area contributed by atoms with E-state index >= 15 is 0 Å². The van der Waals surface area contributed by atoms with Gasteiger partial charge in [0.05, 0.1) is 11.2 Å². The average Bonchev–Trinajstić information content (AvgIpc) is 2.63. The van der Waals surface area contributed by atoms with Gasteiger partial charge in [-0.05, 0) is 50.4 Å². The van der Waals surface area contributed by atoms with Crippen LogP contribution in [0.3, 0.4) is 0 Å². The molecule has 1 aromatic rings. The van der Waals surface area contributed by atoms with E-state index in [4.69, 9.17) is 9.84 Å². The van der Waals surface area contributed by atoms with Crippen molar-refractivity contribution in [3.8, 4) is 0 Å². The summed E-state index contributed by atoms with van der Waals surface area (Å²) in [6.45, 7) is 5.14. The van der Waals surface area contributed by atoms with Gasteiger partial charge >= 0.3 is 5.97 Å². The lowest BCUT2D eigenvalue weighted by Crippen LogP contribution is -2.30. The van der Waals surface area contributed by atoms with Gasteiger partial charge in [0.15, 0.2) is 0 Å². The van der Waals surface area contributed by atoms with Crippen LogP contribution in [-0.2, 0) is 11.3 Å². The number of carboxylic acids is 1. The molecular formula is C16H23NO3. The minimum Gasteiger partial charge on any atom is -0.478 e. The maximum Gasteiger partial charge on any atom is 0.335 e. The van der Waals surface area contributed by atoms with Gasteiger partial charge in [-0.1, -0.05) is 12.1 Å². The zero-order chi connectivity index (χ0) is 14.6. The van der Waals surface area contributed by atoms with Crippen LogP contribution in [0, 0.1) is 0 Å². The van der Waals surface area contributed by atoms with Crippen LogP contribution in [0.5, 0.6) is 0 Å². The van der Waals surface area contributed by atoms with E-state index in [1.807, 2.05) is 12.1 Å². The Kier molecular flexibility index (Phi) is 4.78. The second-order valence-electron chi connectivity index (χ2n) is 5.79. The molecule has 1 aromatic carbocycles. The van der Waals surface area contributed by atoms with Crippen LogP contribution in [-0.4, -0.2) is 41.8 Å². The van der Waals surface area contributed by atoms with E-state index < -0.39 is 5.97 Å². The molecule has 0 spiro atoms. The van der Waals surface area contributed by atoms with Crippen LogP contribution in [0.4, 0.5) is 0 Å². The first-order chi connectivity index (χ1) is 9.52. The lowest BCUT2D eigenvalue weighted by molar-refractivity contribution is -0.00583. The Labute approximate surface area is 120 Å². The van der Waals surface area contributed by atoms with Crippen molar-refractivity contribution in [2.75, 3.05) is 20.2 Å². The first kappa shape index (κ1) is 15.0. The monoisotopic (exact) mass is 277 g/mol. The molecule has 1 aliphatic rings. The van der Waals surface area contributed by atoms with Gasteiger partial charge in [0, 0.05) is 20.2 Å². The molecule has 1 aliphatic heterocycles. The first-order valence-corrected chi connectivity index (χ1v) is 7.12. The van der Waals surface area contributed by atoms with Crippen molar-refractivity contribution >= 4 is 5.97 Å². The first-order valence-electron chi connectivity index (χ1n) is 7.12. The van der Waals surface area contributed by atoms with Gasteiger partial charge in [-0.25, -0.2) is 4.79 Å². The minimum absolute atomic E-state index is 0.00190. The highest BCUT2D eigenvalue weighted by Crippen LogP contribution is 2.25. The molecule has 0 aromatic heterocycles. The number of nitrogens with zero attached hydrogens (tertiary/aromatic N) is 1. The molecule has 1 heterocycles. The number of rotatable bonds is 4. The van der Waals surface area contributed by atoms with Crippen molar-refractivity contribution in [2.45, 2.75) is 38.3 Å². The van der Waals surface area contributed by atoms with E-state index in [2.05, 4.69) is 11.8 Å². The SMILES string of the molecule is COC1(C)CCCN(Cc2ccc(C(=O)O)cc2)CC1. The number of likely N-dealkylation sites (tertiary alicyclic amines) is 1. The lowest BCUT2D eigenvalue weighted by Gasteiger charge is -2.26. The van der Waals surface area contributed by atoms with E-state index in [9.17, 15) is 4.79 Å². The molecule has 1 N–H and O–H groups in total. The summed E-state index contributed by atoms with van der Waals surface area (Å²) in [6.07, 6.45) is 3.27.